The summed E-state index contributed by atoms with van der Waals surface area (Å²) in [5.74, 6) is -0.0417. The van der Waals surface area contributed by atoms with Crippen molar-refractivity contribution < 1.29 is 9.90 Å². The second-order valence-electron chi connectivity index (χ2n) is 3.82. The van der Waals surface area contributed by atoms with Crippen LogP contribution in [0.15, 0.2) is 0 Å². The van der Waals surface area contributed by atoms with Crippen molar-refractivity contribution in [2.24, 2.45) is 17.8 Å². The number of carboxylic acid groups (broad SMARTS) is 1. The summed E-state index contributed by atoms with van der Waals surface area (Å²) < 4.78 is 0. The second-order valence-corrected chi connectivity index (χ2v) is 3.82. The smallest absolute Gasteiger partial charge is 0.0447 e. The average molecular weight is 155 g/mol. The van der Waals surface area contributed by atoms with E-state index in [0.29, 0.717) is 11.8 Å². The summed E-state index contributed by atoms with van der Waals surface area (Å²) in [6, 6.07) is 0. The van der Waals surface area contributed by atoms with E-state index in [1.807, 2.05) is 6.92 Å². The molecule has 0 unspecified atom stereocenters. The zero-order chi connectivity index (χ0) is 8.43. The molecular weight excluding hydrogens is 140 g/mol. The Kier molecular flexibility index (Phi) is 2.53. The molecule has 2 heteroatoms. The molecule has 0 heterocycles. The molecule has 1 rings (SSSR count). The van der Waals surface area contributed by atoms with Crippen molar-refractivity contribution in [3.05, 3.63) is 0 Å². The Hall–Kier alpha value is -0.530. The van der Waals surface area contributed by atoms with E-state index in [2.05, 4.69) is 6.92 Å². The van der Waals surface area contributed by atoms with Gasteiger partial charge in [0.1, 0.15) is 0 Å². The number of carbonyl (C=O) groups is 1. The molecule has 0 aliphatic heterocycles. The Morgan fingerprint density at radius 1 is 1.36 bits per heavy atom. The summed E-state index contributed by atoms with van der Waals surface area (Å²) in [4.78, 5) is 10.6. The number of carbonyl (C=O) groups excluding carboxylic acids is 1. The largest absolute Gasteiger partial charge is 0.550 e. The highest BCUT2D eigenvalue weighted by molar-refractivity contribution is 5.68. The monoisotopic (exact) mass is 155 g/mol. The fourth-order valence-corrected chi connectivity index (χ4v) is 2.02. The van der Waals surface area contributed by atoms with Gasteiger partial charge >= 0.3 is 0 Å². The highest BCUT2D eigenvalue weighted by Crippen LogP contribution is 2.32. The Bertz CT molecular complexity index is 154. The molecule has 2 nitrogen and oxygen atoms in total. The molecule has 0 amide bonds. The van der Waals surface area contributed by atoms with Crippen LogP contribution in [0.4, 0.5) is 0 Å². The van der Waals surface area contributed by atoms with E-state index in [-0.39, 0.29) is 5.92 Å². The molecule has 1 fully saturated rings. The molecule has 1 aliphatic carbocycles. The maximum Gasteiger partial charge on any atom is 0.0447 e. The van der Waals surface area contributed by atoms with Crippen LogP contribution >= 0.6 is 0 Å². The van der Waals surface area contributed by atoms with Crippen molar-refractivity contribution in [1.29, 1.82) is 0 Å². The second kappa shape index (κ2) is 3.24. The maximum atomic E-state index is 10.6. The SMILES string of the molecule is C[C@H]1CC[C@H](C(=O)[O-])[C@H](C)C1. The van der Waals surface area contributed by atoms with Gasteiger partial charge in [0.25, 0.3) is 0 Å². The van der Waals surface area contributed by atoms with E-state index < -0.39 is 5.97 Å². The summed E-state index contributed by atoms with van der Waals surface area (Å²) in [6.45, 7) is 4.19. The first-order chi connectivity index (χ1) is 5.11. The van der Waals surface area contributed by atoms with Crippen LogP contribution in [0.2, 0.25) is 0 Å². The van der Waals surface area contributed by atoms with Gasteiger partial charge in [0.2, 0.25) is 0 Å². The first kappa shape index (κ1) is 8.57. The van der Waals surface area contributed by atoms with Gasteiger partial charge in [0, 0.05) is 11.9 Å². The van der Waals surface area contributed by atoms with E-state index in [1.54, 1.807) is 0 Å². The number of aliphatic carboxylic acids is 1. The molecule has 0 saturated heterocycles. The average Bonchev–Trinajstić information content (AvgIpc) is 1.85. The lowest BCUT2D eigenvalue weighted by molar-refractivity contribution is -0.314. The van der Waals surface area contributed by atoms with Gasteiger partial charge in [0.05, 0.1) is 0 Å². The third-order valence-corrected chi connectivity index (χ3v) is 2.73. The topological polar surface area (TPSA) is 40.1 Å². The van der Waals surface area contributed by atoms with Crippen molar-refractivity contribution in [1.82, 2.24) is 0 Å². The van der Waals surface area contributed by atoms with Gasteiger partial charge in [-0.1, -0.05) is 20.3 Å². The molecule has 1 aliphatic rings. The molecule has 64 valence electrons. The van der Waals surface area contributed by atoms with Crippen LogP contribution in [0.3, 0.4) is 0 Å². The zero-order valence-corrected chi connectivity index (χ0v) is 7.17. The van der Waals surface area contributed by atoms with Gasteiger partial charge in [0.15, 0.2) is 0 Å². The summed E-state index contributed by atoms with van der Waals surface area (Å²) in [6.07, 6.45) is 2.90. The van der Waals surface area contributed by atoms with Crippen molar-refractivity contribution >= 4 is 5.97 Å². The van der Waals surface area contributed by atoms with Crippen LogP contribution in [0.25, 0.3) is 0 Å². The van der Waals surface area contributed by atoms with Gasteiger partial charge in [-0.25, -0.2) is 0 Å². The van der Waals surface area contributed by atoms with Crippen LogP contribution in [0.1, 0.15) is 33.1 Å². The molecule has 11 heavy (non-hydrogen) atoms. The number of hydrogen-bond acceptors (Lipinski definition) is 2. The van der Waals surface area contributed by atoms with Gasteiger partial charge in [-0.15, -0.1) is 0 Å². The van der Waals surface area contributed by atoms with Crippen LogP contribution in [0.5, 0.6) is 0 Å². The first-order valence-electron chi connectivity index (χ1n) is 4.32. The molecule has 3 atom stereocenters. The van der Waals surface area contributed by atoms with E-state index in [4.69, 9.17) is 0 Å². The molecule has 0 aromatic heterocycles. The molecule has 0 spiro atoms. The zero-order valence-electron chi connectivity index (χ0n) is 7.17. The lowest BCUT2D eigenvalue weighted by Gasteiger charge is -2.32. The summed E-state index contributed by atoms with van der Waals surface area (Å²) in [7, 11) is 0. The van der Waals surface area contributed by atoms with E-state index in [9.17, 15) is 9.90 Å². The van der Waals surface area contributed by atoms with E-state index >= 15 is 0 Å². The predicted molar refractivity (Wildman–Crippen MR) is 40.7 cm³/mol. The minimum absolute atomic E-state index is 0.189. The molecule has 0 bridgehead atoms. The molecule has 1 saturated carbocycles. The maximum absolute atomic E-state index is 10.6. The van der Waals surface area contributed by atoms with Crippen molar-refractivity contribution in [2.75, 3.05) is 0 Å². The highest BCUT2D eigenvalue weighted by atomic mass is 16.4. The molecule has 0 aromatic rings. The molecule has 0 aromatic carbocycles. The van der Waals surface area contributed by atoms with Crippen LogP contribution in [-0.2, 0) is 4.79 Å². The third-order valence-electron chi connectivity index (χ3n) is 2.73. The highest BCUT2D eigenvalue weighted by Gasteiger charge is 2.25. The van der Waals surface area contributed by atoms with E-state index in [1.165, 1.54) is 0 Å². The first-order valence-corrected chi connectivity index (χ1v) is 4.32. The van der Waals surface area contributed by atoms with Crippen molar-refractivity contribution in [2.45, 2.75) is 33.1 Å². The molecule has 0 radical (unpaired) electrons. The third kappa shape index (κ3) is 1.95. The van der Waals surface area contributed by atoms with Crippen LogP contribution < -0.4 is 5.11 Å². The van der Waals surface area contributed by atoms with Crippen LogP contribution in [0, 0.1) is 17.8 Å². The van der Waals surface area contributed by atoms with Gasteiger partial charge in [-0.05, 0) is 24.7 Å². The number of rotatable bonds is 1. The Morgan fingerprint density at radius 3 is 2.45 bits per heavy atom. The standard InChI is InChI=1S/C9H16O2/c1-6-3-4-8(9(10)11)7(2)5-6/h6-8H,3-5H2,1-2H3,(H,10,11)/p-1/t6-,7+,8-/m0/s1. The fourth-order valence-electron chi connectivity index (χ4n) is 2.02. The molecule has 0 N–H and O–H groups in total. The van der Waals surface area contributed by atoms with Gasteiger partial charge < -0.3 is 9.90 Å². The minimum atomic E-state index is -0.857. The Morgan fingerprint density at radius 2 is 2.00 bits per heavy atom. The normalized spacial score (nSPS) is 38.5. The Labute approximate surface area is 67.6 Å². The van der Waals surface area contributed by atoms with E-state index in [0.717, 1.165) is 19.3 Å². The summed E-state index contributed by atoms with van der Waals surface area (Å²) in [5, 5.41) is 10.6. The molecular formula is C9H15O2-. The van der Waals surface area contributed by atoms with Gasteiger partial charge in [-0.2, -0.15) is 0 Å². The minimum Gasteiger partial charge on any atom is -0.550 e. The number of hydrogen-bond donors (Lipinski definition) is 0. The van der Waals surface area contributed by atoms with Gasteiger partial charge in [-0.3, -0.25) is 0 Å². The summed E-state index contributed by atoms with van der Waals surface area (Å²) in [5.41, 5.74) is 0. The fraction of sp³-hybridized carbons (Fsp3) is 0.889. The van der Waals surface area contributed by atoms with Crippen molar-refractivity contribution in [3.8, 4) is 0 Å². The quantitative estimate of drug-likeness (QED) is 0.562. The van der Waals surface area contributed by atoms with Crippen molar-refractivity contribution in [3.63, 3.8) is 0 Å². The predicted octanol–water partition coefficient (Wildman–Crippen LogP) is 0.809. The lowest BCUT2D eigenvalue weighted by atomic mass is 9.76. The lowest BCUT2D eigenvalue weighted by Crippen LogP contribution is -2.38. The number of carboxylic acids is 1. The summed E-state index contributed by atoms with van der Waals surface area (Å²) >= 11 is 0. The van der Waals surface area contributed by atoms with Crippen LogP contribution in [-0.4, -0.2) is 5.97 Å². The Balaban J connectivity index is 2.50.